The SMILES string of the molecule is Nc1ccccc1-c1cc2c(c3ccc4c5ccccc5ccc4c13)c1ccccc1n2-c1ccccc1. The lowest BCUT2D eigenvalue weighted by Crippen LogP contribution is -1.95. The highest BCUT2D eigenvalue weighted by molar-refractivity contribution is 6.31. The fraction of sp³-hybridized carbons (Fsp3) is 0. The Kier molecular flexibility index (Phi) is 4.41. The van der Waals surface area contributed by atoms with Gasteiger partial charge in [-0.05, 0) is 68.2 Å². The molecule has 0 saturated carbocycles. The van der Waals surface area contributed by atoms with E-state index in [1.165, 1.54) is 54.1 Å². The third kappa shape index (κ3) is 2.89. The molecule has 0 aliphatic rings. The van der Waals surface area contributed by atoms with Gasteiger partial charge in [-0.2, -0.15) is 0 Å². The Bertz CT molecular complexity index is 2190. The molecule has 8 rings (SSSR count). The van der Waals surface area contributed by atoms with Crippen molar-refractivity contribution in [2.24, 2.45) is 0 Å². The standard InChI is InChI=1S/C36H24N2/c37-32-16-8-6-14-27(32)31-22-34-36(29-15-7-9-17-33(29)38(34)24-11-2-1-3-12-24)30-21-20-26-25-13-5-4-10-23(25)18-19-28(26)35(30)31/h1-22H,37H2. The molecule has 0 radical (unpaired) electrons. The minimum absolute atomic E-state index is 0.785. The second-order valence-corrected chi connectivity index (χ2v) is 9.96. The van der Waals surface area contributed by atoms with Gasteiger partial charge in [0, 0.05) is 27.7 Å². The van der Waals surface area contributed by atoms with E-state index in [0.717, 1.165) is 22.5 Å². The van der Waals surface area contributed by atoms with Crippen LogP contribution in [0.25, 0.3) is 70.9 Å². The van der Waals surface area contributed by atoms with Crippen molar-refractivity contribution in [3.05, 3.63) is 133 Å². The number of aromatic nitrogens is 1. The van der Waals surface area contributed by atoms with Crippen LogP contribution in [0.4, 0.5) is 5.69 Å². The summed E-state index contributed by atoms with van der Waals surface area (Å²) in [6.45, 7) is 0. The third-order valence-corrected chi connectivity index (χ3v) is 7.92. The van der Waals surface area contributed by atoms with Gasteiger partial charge in [0.25, 0.3) is 0 Å². The van der Waals surface area contributed by atoms with Gasteiger partial charge in [-0.3, -0.25) is 0 Å². The molecule has 2 heteroatoms. The van der Waals surface area contributed by atoms with E-state index in [1.54, 1.807) is 0 Å². The minimum atomic E-state index is 0.785. The Labute approximate surface area is 220 Å². The smallest absolute Gasteiger partial charge is 0.0553 e. The monoisotopic (exact) mass is 484 g/mol. The molecular formula is C36H24N2. The third-order valence-electron chi connectivity index (χ3n) is 7.92. The van der Waals surface area contributed by atoms with Crippen LogP contribution in [-0.2, 0) is 0 Å². The molecule has 2 N–H and O–H groups in total. The molecular weight excluding hydrogens is 460 g/mol. The molecule has 1 aromatic heterocycles. The maximum atomic E-state index is 6.64. The van der Waals surface area contributed by atoms with Crippen molar-refractivity contribution in [1.82, 2.24) is 4.57 Å². The first-order chi connectivity index (χ1) is 18.8. The molecule has 8 aromatic rings. The molecule has 0 saturated heterocycles. The molecule has 2 nitrogen and oxygen atoms in total. The highest BCUT2D eigenvalue weighted by Crippen LogP contribution is 2.45. The molecule has 178 valence electrons. The maximum Gasteiger partial charge on any atom is 0.0553 e. The normalized spacial score (nSPS) is 11.8. The van der Waals surface area contributed by atoms with Gasteiger partial charge in [-0.25, -0.2) is 0 Å². The highest BCUT2D eigenvalue weighted by atomic mass is 15.0. The Morgan fingerprint density at radius 1 is 0.421 bits per heavy atom. The van der Waals surface area contributed by atoms with E-state index in [2.05, 4.69) is 126 Å². The Morgan fingerprint density at radius 3 is 1.97 bits per heavy atom. The summed E-state index contributed by atoms with van der Waals surface area (Å²) in [4.78, 5) is 0. The van der Waals surface area contributed by atoms with Gasteiger partial charge in [0.1, 0.15) is 0 Å². The second kappa shape index (κ2) is 7.96. The van der Waals surface area contributed by atoms with Gasteiger partial charge in [0.15, 0.2) is 0 Å². The molecule has 0 unspecified atom stereocenters. The first kappa shape index (κ1) is 21.0. The van der Waals surface area contributed by atoms with Gasteiger partial charge >= 0.3 is 0 Å². The van der Waals surface area contributed by atoms with E-state index in [1.807, 2.05) is 12.1 Å². The Morgan fingerprint density at radius 2 is 1.11 bits per heavy atom. The van der Waals surface area contributed by atoms with Crippen molar-refractivity contribution in [3.8, 4) is 16.8 Å². The van der Waals surface area contributed by atoms with E-state index in [9.17, 15) is 0 Å². The van der Waals surface area contributed by atoms with Crippen molar-refractivity contribution in [1.29, 1.82) is 0 Å². The van der Waals surface area contributed by atoms with Gasteiger partial charge in [-0.15, -0.1) is 0 Å². The topological polar surface area (TPSA) is 30.9 Å². The zero-order valence-electron chi connectivity index (χ0n) is 20.7. The molecule has 7 aromatic carbocycles. The number of hydrogen-bond acceptors (Lipinski definition) is 1. The van der Waals surface area contributed by atoms with Crippen LogP contribution in [0.15, 0.2) is 133 Å². The van der Waals surface area contributed by atoms with Crippen LogP contribution < -0.4 is 5.73 Å². The number of benzene rings is 7. The number of nitrogens with zero attached hydrogens (tertiary/aromatic N) is 1. The van der Waals surface area contributed by atoms with Crippen LogP contribution in [0.1, 0.15) is 0 Å². The van der Waals surface area contributed by atoms with E-state index < -0.39 is 0 Å². The summed E-state index contributed by atoms with van der Waals surface area (Å²) in [5.41, 5.74) is 13.2. The van der Waals surface area contributed by atoms with Crippen molar-refractivity contribution in [2.45, 2.75) is 0 Å². The van der Waals surface area contributed by atoms with Crippen LogP contribution in [0, 0.1) is 0 Å². The molecule has 38 heavy (non-hydrogen) atoms. The average molecular weight is 485 g/mol. The molecule has 0 aliphatic heterocycles. The lowest BCUT2D eigenvalue weighted by Gasteiger charge is -2.16. The zero-order valence-corrected chi connectivity index (χ0v) is 20.7. The van der Waals surface area contributed by atoms with Crippen molar-refractivity contribution in [2.75, 3.05) is 5.73 Å². The summed E-state index contributed by atoms with van der Waals surface area (Å²) in [5, 5.41) is 10.0. The van der Waals surface area contributed by atoms with Crippen molar-refractivity contribution < 1.29 is 0 Å². The van der Waals surface area contributed by atoms with Crippen molar-refractivity contribution >= 4 is 59.8 Å². The first-order valence-corrected chi connectivity index (χ1v) is 13.0. The summed E-state index contributed by atoms with van der Waals surface area (Å²) in [7, 11) is 0. The molecule has 0 amide bonds. The van der Waals surface area contributed by atoms with Crippen molar-refractivity contribution in [3.63, 3.8) is 0 Å². The lowest BCUT2D eigenvalue weighted by molar-refractivity contribution is 1.18. The fourth-order valence-electron chi connectivity index (χ4n) is 6.28. The average Bonchev–Trinajstić information content (AvgIpc) is 3.31. The summed E-state index contributed by atoms with van der Waals surface area (Å²) >= 11 is 0. The number of para-hydroxylation sites is 3. The Hall–Kier alpha value is -5.08. The van der Waals surface area contributed by atoms with Crippen LogP contribution in [0.3, 0.4) is 0 Å². The van der Waals surface area contributed by atoms with E-state index in [4.69, 9.17) is 5.73 Å². The fourth-order valence-corrected chi connectivity index (χ4v) is 6.28. The van der Waals surface area contributed by atoms with Crippen LogP contribution in [0.2, 0.25) is 0 Å². The molecule has 0 spiro atoms. The van der Waals surface area contributed by atoms with Crippen LogP contribution in [0.5, 0.6) is 0 Å². The largest absolute Gasteiger partial charge is 0.398 e. The summed E-state index contributed by atoms with van der Waals surface area (Å²) < 4.78 is 2.39. The number of anilines is 1. The molecule has 0 aliphatic carbocycles. The van der Waals surface area contributed by atoms with E-state index in [-0.39, 0.29) is 0 Å². The number of fused-ring (bicyclic) bond motifs is 9. The quantitative estimate of drug-likeness (QED) is 0.192. The first-order valence-electron chi connectivity index (χ1n) is 13.0. The van der Waals surface area contributed by atoms with Gasteiger partial charge in [0.2, 0.25) is 0 Å². The maximum absolute atomic E-state index is 6.64. The molecule has 0 bridgehead atoms. The predicted octanol–water partition coefficient (Wildman–Crippen LogP) is 9.49. The minimum Gasteiger partial charge on any atom is -0.398 e. The number of hydrogen-bond donors (Lipinski definition) is 1. The predicted molar refractivity (Wildman–Crippen MR) is 163 cm³/mol. The van der Waals surface area contributed by atoms with E-state index in [0.29, 0.717) is 0 Å². The molecule has 0 atom stereocenters. The highest BCUT2D eigenvalue weighted by Gasteiger charge is 2.20. The number of nitrogen functional groups attached to an aromatic ring is 1. The van der Waals surface area contributed by atoms with Gasteiger partial charge in [-0.1, -0.05) is 103 Å². The summed E-state index contributed by atoms with van der Waals surface area (Å²) in [5.74, 6) is 0. The Balaban J connectivity index is 1.66. The molecule has 0 fully saturated rings. The van der Waals surface area contributed by atoms with E-state index >= 15 is 0 Å². The lowest BCUT2D eigenvalue weighted by atomic mass is 9.89. The molecule has 1 heterocycles. The summed E-state index contributed by atoms with van der Waals surface area (Å²) in [6, 6.07) is 47.7. The number of rotatable bonds is 2. The summed E-state index contributed by atoms with van der Waals surface area (Å²) in [6.07, 6.45) is 0. The zero-order chi connectivity index (χ0) is 25.2. The second-order valence-electron chi connectivity index (χ2n) is 9.96. The van der Waals surface area contributed by atoms with Crippen LogP contribution >= 0.6 is 0 Å². The van der Waals surface area contributed by atoms with Gasteiger partial charge < -0.3 is 10.3 Å². The number of nitrogens with two attached hydrogens (primary N) is 1. The van der Waals surface area contributed by atoms with Crippen LogP contribution in [-0.4, -0.2) is 4.57 Å². The van der Waals surface area contributed by atoms with Gasteiger partial charge in [0.05, 0.1) is 11.0 Å².